The lowest BCUT2D eigenvalue weighted by Gasteiger charge is -2.07. The molecule has 1 heterocycles. The van der Waals surface area contributed by atoms with Crippen LogP contribution in [0.25, 0.3) is 0 Å². The van der Waals surface area contributed by atoms with Gasteiger partial charge in [0.15, 0.2) is 0 Å². The van der Waals surface area contributed by atoms with Crippen molar-refractivity contribution in [1.82, 2.24) is 0 Å². The Morgan fingerprint density at radius 2 is 2.33 bits per heavy atom. The Morgan fingerprint density at radius 3 is 3.22 bits per heavy atom. The molecule has 0 aliphatic carbocycles. The first kappa shape index (κ1) is 6.59. The number of ether oxygens (including phenoxy) is 1. The van der Waals surface area contributed by atoms with Crippen LogP contribution in [-0.2, 0) is 9.53 Å². The summed E-state index contributed by atoms with van der Waals surface area (Å²) in [6.07, 6.45) is 5.71. The molecule has 2 nitrogen and oxygen atoms in total. The lowest BCUT2D eigenvalue weighted by molar-refractivity contribution is -0.144. The molecule has 0 aromatic heterocycles. The zero-order valence-corrected chi connectivity index (χ0v) is 5.43. The third-order valence-corrected chi connectivity index (χ3v) is 1.37. The molecule has 1 fully saturated rings. The minimum absolute atomic E-state index is 0.0388. The fraction of sp³-hybridized carbons (Fsp3) is 0.714. The molecule has 0 atom stereocenters. The van der Waals surface area contributed by atoms with Gasteiger partial charge in [0, 0.05) is 6.42 Å². The Kier molecular flexibility index (Phi) is 2.55. The molecule has 0 saturated carbocycles. The van der Waals surface area contributed by atoms with Gasteiger partial charge in [0.25, 0.3) is 0 Å². The second-order valence-corrected chi connectivity index (χ2v) is 2.19. The van der Waals surface area contributed by atoms with Crippen molar-refractivity contribution in [2.45, 2.75) is 25.7 Å². The van der Waals surface area contributed by atoms with Crippen LogP contribution in [0, 0.1) is 6.42 Å². The minimum atomic E-state index is -0.0388. The molecule has 0 spiro atoms. The van der Waals surface area contributed by atoms with E-state index in [1.165, 1.54) is 0 Å². The third-order valence-electron chi connectivity index (χ3n) is 1.37. The number of hydrogen-bond donors (Lipinski definition) is 0. The topological polar surface area (TPSA) is 26.3 Å². The average molecular weight is 127 g/mol. The van der Waals surface area contributed by atoms with E-state index < -0.39 is 0 Å². The Morgan fingerprint density at radius 1 is 1.44 bits per heavy atom. The van der Waals surface area contributed by atoms with Gasteiger partial charge in [0.05, 0.1) is 6.61 Å². The summed E-state index contributed by atoms with van der Waals surface area (Å²) in [5, 5.41) is 0. The average Bonchev–Trinajstić information content (AvgIpc) is 1.79. The van der Waals surface area contributed by atoms with Crippen molar-refractivity contribution < 1.29 is 9.53 Å². The second-order valence-electron chi connectivity index (χ2n) is 2.19. The Balaban J connectivity index is 2.20. The number of esters is 1. The largest absolute Gasteiger partial charge is 0.466 e. The quantitative estimate of drug-likeness (QED) is 0.458. The van der Waals surface area contributed by atoms with Crippen LogP contribution in [0.1, 0.15) is 25.7 Å². The monoisotopic (exact) mass is 127 g/mol. The first-order chi connectivity index (χ1) is 4.39. The van der Waals surface area contributed by atoms with Gasteiger partial charge >= 0.3 is 5.97 Å². The van der Waals surface area contributed by atoms with Crippen molar-refractivity contribution in [3.8, 4) is 0 Å². The first-order valence-corrected chi connectivity index (χ1v) is 3.37. The molecular weight excluding hydrogens is 116 g/mol. The van der Waals surface area contributed by atoms with Crippen LogP contribution >= 0.6 is 0 Å². The second kappa shape index (κ2) is 3.49. The predicted octanol–water partition coefficient (Wildman–Crippen LogP) is 1.31. The van der Waals surface area contributed by atoms with Crippen molar-refractivity contribution in [2.24, 2.45) is 0 Å². The van der Waals surface area contributed by atoms with Gasteiger partial charge < -0.3 is 4.74 Å². The van der Waals surface area contributed by atoms with Gasteiger partial charge in [0.2, 0.25) is 0 Å². The molecule has 0 N–H and O–H groups in total. The van der Waals surface area contributed by atoms with Crippen LogP contribution in [0.5, 0.6) is 0 Å². The molecule has 0 aromatic carbocycles. The van der Waals surface area contributed by atoms with Gasteiger partial charge in [-0.15, -0.1) is 0 Å². The van der Waals surface area contributed by atoms with Crippen molar-refractivity contribution in [1.29, 1.82) is 0 Å². The number of carbonyl (C=O) groups excluding carboxylic acids is 1. The maximum absolute atomic E-state index is 10.6. The van der Waals surface area contributed by atoms with Gasteiger partial charge in [-0.05, 0) is 25.7 Å². The van der Waals surface area contributed by atoms with Crippen LogP contribution in [0.15, 0.2) is 0 Å². The van der Waals surface area contributed by atoms with E-state index in [0.29, 0.717) is 13.0 Å². The van der Waals surface area contributed by atoms with Gasteiger partial charge in [-0.1, -0.05) is 0 Å². The van der Waals surface area contributed by atoms with E-state index in [2.05, 4.69) is 6.42 Å². The van der Waals surface area contributed by atoms with E-state index in [1.54, 1.807) is 0 Å². The smallest absolute Gasteiger partial charge is 0.305 e. The summed E-state index contributed by atoms with van der Waals surface area (Å²) in [6.45, 7) is 0.582. The van der Waals surface area contributed by atoms with Crippen molar-refractivity contribution >= 4 is 5.97 Å². The molecule has 51 valence electrons. The number of hydrogen-bond acceptors (Lipinski definition) is 2. The molecule has 1 aliphatic heterocycles. The Bertz CT molecular complexity index is 89.1. The molecule has 0 unspecified atom stereocenters. The highest BCUT2D eigenvalue weighted by Crippen LogP contribution is 2.06. The molecular formula is C7H11O2. The van der Waals surface area contributed by atoms with Crippen molar-refractivity contribution in [3.05, 3.63) is 6.42 Å². The maximum atomic E-state index is 10.6. The fourth-order valence-electron chi connectivity index (χ4n) is 0.863. The van der Waals surface area contributed by atoms with E-state index >= 15 is 0 Å². The van der Waals surface area contributed by atoms with Crippen LogP contribution in [-0.4, -0.2) is 12.6 Å². The first-order valence-electron chi connectivity index (χ1n) is 3.37. The summed E-state index contributed by atoms with van der Waals surface area (Å²) < 4.78 is 4.81. The molecule has 1 aliphatic rings. The molecule has 0 amide bonds. The highest BCUT2D eigenvalue weighted by atomic mass is 16.5. The van der Waals surface area contributed by atoms with Crippen LogP contribution in [0.3, 0.4) is 0 Å². The van der Waals surface area contributed by atoms with E-state index in [4.69, 9.17) is 4.74 Å². The summed E-state index contributed by atoms with van der Waals surface area (Å²) in [6, 6.07) is 0. The molecule has 2 heteroatoms. The maximum Gasteiger partial charge on any atom is 0.305 e. The standard InChI is InChI=1S/C7H11O2/c8-7-5-3-1-2-4-6-9-7/h2H,1,3-6H2. The summed E-state index contributed by atoms with van der Waals surface area (Å²) in [5.74, 6) is -0.0388. The highest BCUT2D eigenvalue weighted by Gasteiger charge is 2.04. The van der Waals surface area contributed by atoms with Crippen molar-refractivity contribution in [2.75, 3.05) is 6.61 Å². The molecule has 1 radical (unpaired) electrons. The van der Waals surface area contributed by atoms with Crippen LogP contribution in [0.4, 0.5) is 0 Å². The van der Waals surface area contributed by atoms with E-state index in [1.807, 2.05) is 0 Å². The summed E-state index contributed by atoms with van der Waals surface area (Å²) in [5.41, 5.74) is 0. The van der Waals surface area contributed by atoms with E-state index in [9.17, 15) is 4.79 Å². The molecule has 0 bridgehead atoms. The molecule has 1 rings (SSSR count). The number of cyclic esters (lactones) is 1. The lowest BCUT2D eigenvalue weighted by Crippen LogP contribution is -2.08. The Labute approximate surface area is 55.2 Å². The predicted molar refractivity (Wildman–Crippen MR) is 33.7 cm³/mol. The minimum Gasteiger partial charge on any atom is -0.466 e. The van der Waals surface area contributed by atoms with Crippen LogP contribution in [0.2, 0.25) is 0 Å². The fourth-order valence-corrected chi connectivity index (χ4v) is 0.863. The van der Waals surface area contributed by atoms with Gasteiger partial charge in [-0.25, -0.2) is 0 Å². The van der Waals surface area contributed by atoms with E-state index in [-0.39, 0.29) is 5.97 Å². The lowest BCUT2D eigenvalue weighted by atomic mass is 10.1. The number of rotatable bonds is 0. The number of carbonyl (C=O) groups is 1. The zero-order chi connectivity index (χ0) is 6.53. The normalized spacial score (nSPS) is 22.0. The Hall–Kier alpha value is -0.530. The molecule has 1 saturated heterocycles. The molecule has 9 heavy (non-hydrogen) atoms. The van der Waals surface area contributed by atoms with Crippen LogP contribution < -0.4 is 0 Å². The van der Waals surface area contributed by atoms with Gasteiger partial charge in [-0.3, -0.25) is 4.79 Å². The van der Waals surface area contributed by atoms with Crippen molar-refractivity contribution in [3.63, 3.8) is 0 Å². The van der Waals surface area contributed by atoms with E-state index in [0.717, 1.165) is 19.3 Å². The summed E-state index contributed by atoms with van der Waals surface area (Å²) in [4.78, 5) is 10.6. The third kappa shape index (κ3) is 2.49. The molecule has 0 aromatic rings. The summed E-state index contributed by atoms with van der Waals surface area (Å²) >= 11 is 0. The summed E-state index contributed by atoms with van der Waals surface area (Å²) in [7, 11) is 0. The highest BCUT2D eigenvalue weighted by molar-refractivity contribution is 5.69. The van der Waals surface area contributed by atoms with Gasteiger partial charge in [0.1, 0.15) is 0 Å². The zero-order valence-electron chi connectivity index (χ0n) is 5.43. The SMILES string of the molecule is O=C1CCC[CH]CCO1. The van der Waals surface area contributed by atoms with Gasteiger partial charge in [-0.2, -0.15) is 0 Å².